The molecule has 2 rings (SSSR count). The van der Waals surface area contributed by atoms with Gasteiger partial charge in [-0.05, 0) is 42.9 Å². The van der Waals surface area contributed by atoms with Crippen LogP contribution in [0.4, 0.5) is 0 Å². The Morgan fingerprint density at radius 3 is 2.16 bits per heavy atom. The first-order valence-corrected chi connectivity index (χ1v) is 9.33. The van der Waals surface area contributed by atoms with Gasteiger partial charge >= 0.3 is 0 Å². The zero-order valence-corrected chi connectivity index (χ0v) is 13.5. The van der Waals surface area contributed by atoms with E-state index in [-0.39, 0.29) is 0 Å². The molecule has 0 heteroatoms. The minimum absolute atomic E-state index is 1.08. The van der Waals surface area contributed by atoms with Crippen molar-refractivity contribution in [2.45, 2.75) is 97.3 Å². The zero-order valence-electron chi connectivity index (χ0n) is 13.5. The second-order valence-corrected chi connectivity index (χ2v) is 7.50. The van der Waals surface area contributed by atoms with Gasteiger partial charge in [0.25, 0.3) is 0 Å². The summed E-state index contributed by atoms with van der Waals surface area (Å²) in [5, 5.41) is 0. The molecule has 2 unspecified atom stereocenters. The van der Waals surface area contributed by atoms with Gasteiger partial charge in [0.05, 0.1) is 0 Å². The first-order valence-electron chi connectivity index (χ1n) is 9.33. The van der Waals surface area contributed by atoms with E-state index >= 15 is 0 Å². The molecule has 0 aromatic heterocycles. The van der Waals surface area contributed by atoms with Crippen molar-refractivity contribution in [3.63, 3.8) is 0 Å². The van der Waals surface area contributed by atoms with E-state index in [2.05, 4.69) is 13.8 Å². The number of unbranched alkanes of at least 4 members (excludes halogenated alkanes) is 1. The Morgan fingerprint density at radius 1 is 0.684 bits per heavy atom. The van der Waals surface area contributed by atoms with Gasteiger partial charge in [-0.1, -0.05) is 78.1 Å². The summed E-state index contributed by atoms with van der Waals surface area (Å²) in [6.07, 6.45) is 19.7. The first kappa shape index (κ1) is 15.4. The molecule has 2 saturated carbocycles. The van der Waals surface area contributed by atoms with E-state index in [1.54, 1.807) is 44.9 Å². The number of rotatable bonds is 6. The smallest absolute Gasteiger partial charge is 0.0383 e. The van der Waals surface area contributed by atoms with E-state index in [1.807, 2.05) is 0 Å². The highest BCUT2D eigenvalue weighted by Crippen LogP contribution is 2.43. The fourth-order valence-electron chi connectivity index (χ4n) is 4.87. The van der Waals surface area contributed by atoms with Crippen molar-refractivity contribution in [2.24, 2.45) is 23.7 Å². The monoisotopic (exact) mass is 264 g/mol. The molecule has 0 aromatic carbocycles. The van der Waals surface area contributed by atoms with Gasteiger partial charge in [0.2, 0.25) is 0 Å². The summed E-state index contributed by atoms with van der Waals surface area (Å²) < 4.78 is 0. The molecule has 0 radical (unpaired) electrons. The molecule has 2 fully saturated rings. The Labute approximate surface area is 121 Å². The Hall–Kier alpha value is 0. The summed E-state index contributed by atoms with van der Waals surface area (Å²) in [5.74, 6) is 4.39. The summed E-state index contributed by atoms with van der Waals surface area (Å²) in [6, 6.07) is 0. The van der Waals surface area contributed by atoms with Crippen LogP contribution in [0.1, 0.15) is 97.3 Å². The van der Waals surface area contributed by atoms with Crippen LogP contribution in [0.3, 0.4) is 0 Å². The summed E-state index contributed by atoms with van der Waals surface area (Å²) in [5.41, 5.74) is 0. The van der Waals surface area contributed by atoms with Crippen molar-refractivity contribution in [1.29, 1.82) is 0 Å². The molecular formula is C19H36. The molecular weight excluding hydrogens is 228 g/mol. The maximum atomic E-state index is 2.35. The maximum absolute atomic E-state index is 2.35. The molecule has 2 aliphatic carbocycles. The van der Waals surface area contributed by atoms with Gasteiger partial charge in [-0.15, -0.1) is 0 Å². The topological polar surface area (TPSA) is 0 Å². The lowest BCUT2D eigenvalue weighted by atomic mass is 9.67. The summed E-state index contributed by atoms with van der Waals surface area (Å²) in [6.45, 7) is 4.70. The van der Waals surface area contributed by atoms with Gasteiger partial charge in [-0.3, -0.25) is 0 Å². The van der Waals surface area contributed by atoms with Crippen LogP contribution in [-0.2, 0) is 0 Å². The maximum Gasteiger partial charge on any atom is -0.0383 e. The third kappa shape index (κ3) is 4.80. The fourth-order valence-corrected chi connectivity index (χ4v) is 4.87. The van der Waals surface area contributed by atoms with Gasteiger partial charge in [-0.25, -0.2) is 0 Å². The van der Waals surface area contributed by atoms with Crippen molar-refractivity contribution in [1.82, 2.24) is 0 Å². The second kappa shape index (κ2) is 8.32. The quantitative estimate of drug-likeness (QED) is 0.507. The molecule has 2 atom stereocenters. The normalized spacial score (nSPS) is 36.3. The van der Waals surface area contributed by atoms with Crippen molar-refractivity contribution in [3.05, 3.63) is 0 Å². The minimum atomic E-state index is 1.08. The highest BCUT2D eigenvalue weighted by atomic mass is 14.4. The lowest BCUT2D eigenvalue weighted by Gasteiger charge is -2.38. The predicted molar refractivity (Wildman–Crippen MR) is 85.3 cm³/mol. The molecule has 0 amide bonds. The van der Waals surface area contributed by atoms with Gasteiger partial charge in [-0.2, -0.15) is 0 Å². The Bertz CT molecular complexity index is 224. The minimum Gasteiger partial charge on any atom is -0.0654 e. The first-order chi connectivity index (χ1) is 9.33. The average Bonchev–Trinajstić information content (AvgIpc) is 2.46. The molecule has 0 heterocycles. The molecule has 0 nitrogen and oxygen atoms in total. The second-order valence-electron chi connectivity index (χ2n) is 7.50. The predicted octanol–water partition coefficient (Wildman–Crippen LogP) is 6.59. The Kier molecular flexibility index (Phi) is 6.74. The molecule has 0 N–H and O–H groups in total. The van der Waals surface area contributed by atoms with Crippen molar-refractivity contribution < 1.29 is 0 Å². The Morgan fingerprint density at radius 2 is 1.47 bits per heavy atom. The van der Waals surface area contributed by atoms with E-state index in [4.69, 9.17) is 0 Å². The van der Waals surface area contributed by atoms with Crippen LogP contribution in [0.25, 0.3) is 0 Å². The zero-order chi connectivity index (χ0) is 13.5. The highest BCUT2D eigenvalue weighted by molar-refractivity contribution is 4.82. The van der Waals surface area contributed by atoms with Crippen molar-refractivity contribution in [3.8, 4) is 0 Å². The average molecular weight is 264 g/mol. The summed E-state index contributed by atoms with van der Waals surface area (Å²) in [7, 11) is 0. The number of hydrogen-bond donors (Lipinski definition) is 0. The van der Waals surface area contributed by atoms with Crippen molar-refractivity contribution in [2.75, 3.05) is 0 Å². The van der Waals surface area contributed by atoms with Gasteiger partial charge < -0.3 is 0 Å². The van der Waals surface area contributed by atoms with E-state index < -0.39 is 0 Å². The van der Waals surface area contributed by atoms with E-state index in [9.17, 15) is 0 Å². The standard InChI is InChI=1S/C19H36/c1-3-5-8-17-9-6-10-19(15-17)18-13-11-16(7-4-2)12-14-18/h16-19H,3-15H2,1-2H3. The third-order valence-corrected chi connectivity index (χ3v) is 6.04. The molecule has 2 aliphatic rings. The number of hydrogen-bond acceptors (Lipinski definition) is 0. The molecule has 112 valence electrons. The van der Waals surface area contributed by atoms with Gasteiger partial charge in [0.15, 0.2) is 0 Å². The lowest BCUT2D eigenvalue weighted by molar-refractivity contribution is 0.133. The molecule has 0 aliphatic heterocycles. The van der Waals surface area contributed by atoms with Crippen LogP contribution in [-0.4, -0.2) is 0 Å². The van der Waals surface area contributed by atoms with E-state index in [0.29, 0.717) is 0 Å². The van der Waals surface area contributed by atoms with Gasteiger partial charge in [0.1, 0.15) is 0 Å². The highest BCUT2D eigenvalue weighted by Gasteiger charge is 2.30. The van der Waals surface area contributed by atoms with Crippen LogP contribution in [0.2, 0.25) is 0 Å². The van der Waals surface area contributed by atoms with Crippen LogP contribution in [0.15, 0.2) is 0 Å². The third-order valence-electron chi connectivity index (χ3n) is 6.04. The van der Waals surface area contributed by atoms with E-state index in [1.165, 1.54) is 38.5 Å². The van der Waals surface area contributed by atoms with Gasteiger partial charge in [0, 0.05) is 0 Å². The molecule has 0 aromatic rings. The van der Waals surface area contributed by atoms with Crippen LogP contribution >= 0.6 is 0 Å². The summed E-state index contributed by atoms with van der Waals surface area (Å²) >= 11 is 0. The molecule has 0 bridgehead atoms. The molecule has 19 heavy (non-hydrogen) atoms. The van der Waals surface area contributed by atoms with Crippen molar-refractivity contribution >= 4 is 0 Å². The molecule has 0 saturated heterocycles. The van der Waals surface area contributed by atoms with Crippen LogP contribution < -0.4 is 0 Å². The van der Waals surface area contributed by atoms with Crippen LogP contribution in [0, 0.1) is 23.7 Å². The van der Waals surface area contributed by atoms with Crippen LogP contribution in [0.5, 0.6) is 0 Å². The molecule has 0 spiro atoms. The SMILES string of the molecule is CCCCC1CCCC(C2CCC(CCC)CC2)C1. The largest absolute Gasteiger partial charge is 0.0654 e. The fraction of sp³-hybridized carbons (Fsp3) is 1.00. The van der Waals surface area contributed by atoms with E-state index in [0.717, 1.165) is 23.7 Å². The lowest BCUT2D eigenvalue weighted by Crippen LogP contribution is -2.26. The summed E-state index contributed by atoms with van der Waals surface area (Å²) in [4.78, 5) is 0. The Balaban J connectivity index is 1.72.